The van der Waals surface area contributed by atoms with Crippen LogP contribution in [0, 0.1) is 17.2 Å². The quantitative estimate of drug-likeness (QED) is 0.832. The summed E-state index contributed by atoms with van der Waals surface area (Å²) in [6, 6.07) is 11.6. The van der Waals surface area contributed by atoms with Crippen LogP contribution >= 0.6 is 0 Å². The fourth-order valence-corrected chi connectivity index (χ4v) is 2.30. The highest BCUT2D eigenvalue weighted by Crippen LogP contribution is 2.16. The number of nitrogens with one attached hydrogen (secondary N) is 1. The molecule has 0 spiro atoms. The first-order valence-electron chi connectivity index (χ1n) is 6.67. The van der Waals surface area contributed by atoms with Gasteiger partial charge in [-0.2, -0.15) is 5.26 Å². The molecule has 1 aliphatic rings. The molecule has 20 heavy (non-hydrogen) atoms. The highest BCUT2D eigenvalue weighted by Gasteiger charge is 2.28. The van der Waals surface area contributed by atoms with E-state index in [2.05, 4.69) is 5.32 Å². The maximum absolute atomic E-state index is 12.4. The Kier molecular flexibility index (Phi) is 4.72. The van der Waals surface area contributed by atoms with Crippen LogP contribution in [0.2, 0.25) is 0 Å². The predicted molar refractivity (Wildman–Crippen MR) is 73.2 cm³/mol. The van der Waals surface area contributed by atoms with Crippen LogP contribution in [0.5, 0.6) is 0 Å². The van der Waals surface area contributed by atoms with Gasteiger partial charge in [0.25, 0.3) is 0 Å². The number of hydrogen-bond acceptors (Lipinski definition) is 3. The standard InChI is InChI=1S/C15H17N3O2/c16-8-9-18(11-12-4-2-1-3-5-12)15(20)13-6-7-14(19)17-10-13/h1-5,13H,6-7,9-11H2,(H,17,19). The van der Waals surface area contributed by atoms with Crippen LogP contribution in [0.25, 0.3) is 0 Å². The molecule has 0 saturated carbocycles. The Balaban J connectivity index is 2.02. The van der Waals surface area contributed by atoms with Crippen molar-refractivity contribution in [3.63, 3.8) is 0 Å². The van der Waals surface area contributed by atoms with Crippen molar-refractivity contribution >= 4 is 11.8 Å². The zero-order chi connectivity index (χ0) is 14.4. The van der Waals surface area contributed by atoms with Crippen LogP contribution in [0.1, 0.15) is 18.4 Å². The monoisotopic (exact) mass is 271 g/mol. The summed E-state index contributed by atoms with van der Waals surface area (Å²) in [7, 11) is 0. The minimum absolute atomic E-state index is 0.0102. The fourth-order valence-electron chi connectivity index (χ4n) is 2.30. The molecule has 1 saturated heterocycles. The highest BCUT2D eigenvalue weighted by atomic mass is 16.2. The normalized spacial score (nSPS) is 17.9. The van der Waals surface area contributed by atoms with E-state index in [9.17, 15) is 9.59 Å². The summed E-state index contributed by atoms with van der Waals surface area (Å²) < 4.78 is 0. The SMILES string of the molecule is N#CCN(Cc1ccccc1)C(=O)C1CCC(=O)NC1. The maximum Gasteiger partial charge on any atom is 0.228 e. The van der Waals surface area contributed by atoms with Crippen molar-refractivity contribution in [2.75, 3.05) is 13.1 Å². The number of carbonyl (C=O) groups is 2. The van der Waals surface area contributed by atoms with Crippen LogP contribution in [0.15, 0.2) is 30.3 Å². The van der Waals surface area contributed by atoms with E-state index in [-0.39, 0.29) is 24.3 Å². The Bertz CT molecular complexity index is 512. The van der Waals surface area contributed by atoms with Crippen molar-refractivity contribution < 1.29 is 9.59 Å². The smallest absolute Gasteiger partial charge is 0.228 e. The number of hydrogen-bond donors (Lipinski definition) is 1. The third kappa shape index (κ3) is 3.58. The maximum atomic E-state index is 12.4. The lowest BCUT2D eigenvalue weighted by Gasteiger charge is -2.28. The highest BCUT2D eigenvalue weighted by molar-refractivity contribution is 5.83. The molecule has 0 aliphatic carbocycles. The minimum atomic E-state index is -0.218. The zero-order valence-electron chi connectivity index (χ0n) is 11.2. The van der Waals surface area contributed by atoms with Gasteiger partial charge in [0.15, 0.2) is 0 Å². The van der Waals surface area contributed by atoms with Crippen molar-refractivity contribution in [3.05, 3.63) is 35.9 Å². The molecule has 1 aliphatic heterocycles. The van der Waals surface area contributed by atoms with Gasteiger partial charge in [0, 0.05) is 19.5 Å². The summed E-state index contributed by atoms with van der Waals surface area (Å²) in [4.78, 5) is 25.1. The summed E-state index contributed by atoms with van der Waals surface area (Å²) in [5.41, 5.74) is 0.996. The Morgan fingerprint density at radius 1 is 1.40 bits per heavy atom. The van der Waals surface area contributed by atoms with Gasteiger partial charge in [-0.05, 0) is 12.0 Å². The summed E-state index contributed by atoms with van der Waals surface area (Å²) in [5, 5.41) is 11.6. The van der Waals surface area contributed by atoms with Gasteiger partial charge in [0.1, 0.15) is 6.54 Å². The second-order valence-corrected chi connectivity index (χ2v) is 4.88. The molecule has 5 heteroatoms. The molecule has 2 amide bonds. The minimum Gasteiger partial charge on any atom is -0.355 e. The van der Waals surface area contributed by atoms with Crippen LogP contribution in [0.4, 0.5) is 0 Å². The lowest BCUT2D eigenvalue weighted by molar-refractivity contribution is -0.137. The third-order valence-corrected chi connectivity index (χ3v) is 3.40. The van der Waals surface area contributed by atoms with Gasteiger partial charge in [0.05, 0.1) is 12.0 Å². The molecule has 1 fully saturated rings. The molecule has 1 heterocycles. The Hall–Kier alpha value is -2.35. The van der Waals surface area contributed by atoms with E-state index >= 15 is 0 Å². The molecule has 1 aromatic rings. The molecule has 2 rings (SSSR count). The molecule has 1 unspecified atom stereocenters. The predicted octanol–water partition coefficient (Wildman–Crippen LogP) is 1.06. The van der Waals surface area contributed by atoms with E-state index in [1.54, 1.807) is 4.90 Å². The average molecular weight is 271 g/mol. The number of piperidine rings is 1. The summed E-state index contributed by atoms with van der Waals surface area (Å²) in [6.07, 6.45) is 0.934. The summed E-state index contributed by atoms with van der Waals surface area (Å²) in [5.74, 6) is -0.288. The first kappa shape index (κ1) is 14.1. The zero-order valence-corrected chi connectivity index (χ0v) is 11.2. The number of nitrogens with zero attached hydrogens (tertiary/aromatic N) is 2. The van der Waals surface area contributed by atoms with E-state index in [4.69, 9.17) is 5.26 Å². The molecule has 1 aromatic carbocycles. The van der Waals surface area contributed by atoms with E-state index < -0.39 is 0 Å². The van der Waals surface area contributed by atoms with Crippen molar-refractivity contribution in [2.45, 2.75) is 19.4 Å². The van der Waals surface area contributed by atoms with E-state index in [0.29, 0.717) is 25.9 Å². The van der Waals surface area contributed by atoms with E-state index in [0.717, 1.165) is 5.56 Å². The van der Waals surface area contributed by atoms with E-state index in [1.165, 1.54) is 0 Å². The molecule has 0 aromatic heterocycles. The molecule has 1 atom stereocenters. The number of amides is 2. The number of carbonyl (C=O) groups excluding carboxylic acids is 2. The van der Waals surface area contributed by atoms with Crippen molar-refractivity contribution in [2.24, 2.45) is 5.92 Å². The van der Waals surface area contributed by atoms with Crippen LogP contribution in [-0.4, -0.2) is 29.8 Å². The molecule has 5 nitrogen and oxygen atoms in total. The average Bonchev–Trinajstić information content (AvgIpc) is 2.48. The van der Waals surface area contributed by atoms with Gasteiger partial charge in [-0.1, -0.05) is 30.3 Å². The lowest BCUT2D eigenvalue weighted by atomic mass is 9.97. The molecule has 1 N–H and O–H groups in total. The number of benzene rings is 1. The van der Waals surface area contributed by atoms with Crippen LogP contribution in [-0.2, 0) is 16.1 Å². The molecule has 0 radical (unpaired) electrons. The van der Waals surface area contributed by atoms with Gasteiger partial charge >= 0.3 is 0 Å². The van der Waals surface area contributed by atoms with Gasteiger partial charge in [-0.3, -0.25) is 9.59 Å². The molecular weight excluding hydrogens is 254 g/mol. The Morgan fingerprint density at radius 3 is 2.75 bits per heavy atom. The van der Waals surface area contributed by atoms with Crippen molar-refractivity contribution in [3.8, 4) is 6.07 Å². The van der Waals surface area contributed by atoms with Gasteiger partial charge in [-0.15, -0.1) is 0 Å². The Morgan fingerprint density at radius 2 is 2.15 bits per heavy atom. The van der Waals surface area contributed by atoms with E-state index in [1.807, 2.05) is 36.4 Å². The van der Waals surface area contributed by atoms with Gasteiger partial charge < -0.3 is 10.2 Å². The summed E-state index contributed by atoms with van der Waals surface area (Å²) >= 11 is 0. The molecule has 0 bridgehead atoms. The first-order valence-corrected chi connectivity index (χ1v) is 6.67. The lowest BCUT2D eigenvalue weighted by Crippen LogP contribution is -2.44. The molecule has 104 valence electrons. The Labute approximate surface area is 118 Å². The van der Waals surface area contributed by atoms with Gasteiger partial charge in [0.2, 0.25) is 11.8 Å². The van der Waals surface area contributed by atoms with Crippen LogP contribution in [0.3, 0.4) is 0 Å². The largest absolute Gasteiger partial charge is 0.355 e. The third-order valence-electron chi connectivity index (χ3n) is 3.40. The van der Waals surface area contributed by atoms with Gasteiger partial charge in [-0.25, -0.2) is 0 Å². The number of rotatable bonds is 4. The molecular formula is C15H17N3O2. The topological polar surface area (TPSA) is 73.2 Å². The van der Waals surface area contributed by atoms with Crippen molar-refractivity contribution in [1.29, 1.82) is 5.26 Å². The first-order chi connectivity index (χ1) is 9.70. The fraction of sp³-hybridized carbons (Fsp3) is 0.400. The van der Waals surface area contributed by atoms with Crippen molar-refractivity contribution in [1.82, 2.24) is 10.2 Å². The summed E-state index contributed by atoms with van der Waals surface area (Å²) in [6.45, 7) is 0.865. The second kappa shape index (κ2) is 6.71. The number of nitriles is 1. The second-order valence-electron chi connectivity index (χ2n) is 4.88. The van der Waals surface area contributed by atoms with Crippen LogP contribution < -0.4 is 5.32 Å².